The molecule has 104 valence electrons. The molecule has 4 nitrogen and oxygen atoms in total. The molecule has 0 spiro atoms. The van der Waals surface area contributed by atoms with Crippen molar-refractivity contribution in [3.8, 4) is 6.07 Å². The van der Waals surface area contributed by atoms with Gasteiger partial charge < -0.3 is 4.90 Å². The highest BCUT2D eigenvalue weighted by Crippen LogP contribution is 2.27. The molecule has 2 atom stereocenters. The van der Waals surface area contributed by atoms with Crippen LogP contribution in [0.1, 0.15) is 19.8 Å². The molecule has 0 saturated carbocycles. The lowest BCUT2D eigenvalue weighted by Gasteiger charge is -2.32. The second kappa shape index (κ2) is 6.35. The maximum absolute atomic E-state index is 12.5. The lowest BCUT2D eigenvalue weighted by Crippen LogP contribution is -2.45. The number of anilines is 1. The molecule has 0 bridgehead atoms. The van der Waals surface area contributed by atoms with Gasteiger partial charge in [-0.25, -0.2) is 0 Å². The quantitative estimate of drug-likeness (QED) is 0.597. The van der Waals surface area contributed by atoms with Gasteiger partial charge in [-0.3, -0.25) is 9.59 Å². The second-order valence-corrected chi connectivity index (χ2v) is 6.16. The summed E-state index contributed by atoms with van der Waals surface area (Å²) in [6, 6.07) is 9.58. The number of ketones is 1. The number of carbonyl (C=O) groups is 2. The van der Waals surface area contributed by atoms with Crippen LogP contribution in [0.25, 0.3) is 0 Å². The summed E-state index contributed by atoms with van der Waals surface area (Å²) >= 11 is 2.21. The van der Waals surface area contributed by atoms with E-state index in [-0.39, 0.29) is 11.7 Å². The Morgan fingerprint density at radius 3 is 2.70 bits per heavy atom. The molecule has 1 aromatic rings. The van der Waals surface area contributed by atoms with E-state index in [9.17, 15) is 9.59 Å². The standard InChI is InChI=1S/C15H15IN2O2/c1-10(9-17)14(19)13-3-2-8-18(15(13)20)12-6-4-11(16)5-7-12/h4-7,10,13H,2-3,8H2,1H3/t10-,13+/m1/s1. The Hall–Kier alpha value is -1.42. The number of hydrogen-bond acceptors (Lipinski definition) is 3. The van der Waals surface area contributed by atoms with Crippen LogP contribution < -0.4 is 4.90 Å². The molecule has 0 aromatic heterocycles. The lowest BCUT2D eigenvalue weighted by atomic mass is 9.87. The maximum Gasteiger partial charge on any atom is 0.237 e. The molecule has 1 aliphatic heterocycles. The Morgan fingerprint density at radius 2 is 2.10 bits per heavy atom. The van der Waals surface area contributed by atoms with E-state index in [1.807, 2.05) is 30.3 Å². The van der Waals surface area contributed by atoms with Crippen LogP contribution in [0.4, 0.5) is 5.69 Å². The summed E-state index contributed by atoms with van der Waals surface area (Å²) in [5.74, 6) is -1.82. The third-order valence-corrected chi connectivity index (χ3v) is 4.26. The van der Waals surface area contributed by atoms with Crippen LogP contribution in [-0.2, 0) is 9.59 Å². The average Bonchev–Trinajstić information content (AvgIpc) is 2.47. The summed E-state index contributed by atoms with van der Waals surface area (Å²) in [7, 11) is 0. The van der Waals surface area contributed by atoms with Gasteiger partial charge in [-0.05, 0) is 66.6 Å². The lowest BCUT2D eigenvalue weighted by molar-refractivity contribution is -0.135. The SMILES string of the molecule is C[C@H](C#N)C(=O)[C@@H]1CCCN(c2ccc(I)cc2)C1=O. The van der Waals surface area contributed by atoms with Crippen LogP contribution in [0.15, 0.2) is 24.3 Å². The third-order valence-electron chi connectivity index (χ3n) is 3.54. The predicted molar refractivity (Wildman–Crippen MR) is 84.0 cm³/mol. The minimum atomic E-state index is -0.722. The van der Waals surface area contributed by atoms with Crippen LogP contribution in [0.2, 0.25) is 0 Å². The highest BCUT2D eigenvalue weighted by atomic mass is 127. The number of rotatable bonds is 3. The Kier molecular flexibility index (Phi) is 4.76. The molecule has 1 heterocycles. The fourth-order valence-corrected chi connectivity index (χ4v) is 2.74. The zero-order valence-corrected chi connectivity index (χ0v) is 13.3. The number of Topliss-reactive ketones (excluding diaryl/α,β-unsaturated/α-hetero) is 1. The van der Waals surface area contributed by atoms with Gasteiger partial charge in [-0.1, -0.05) is 0 Å². The van der Waals surface area contributed by atoms with Crippen molar-refractivity contribution < 1.29 is 9.59 Å². The number of amides is 1. The van der Waals surface area contributed by atoms with E-state index in [0.717, 1.165) is 15.7 Å². The number of piperidine rings is 1. The average molecular weight is 382 g/mol. The van der Waals surface area contributed by atoms with Crippen LogP contribution in [-0.4, -0.2) is 18.2 Å². The highest BCUT2D eigenvalue weighted by Gasteiger charge is 2.36. The van der Waals surface area contributed by atoms with Crippen molar-refractivity contribution in [2.24, 2.45) is 11.8 Å². The minimum Gasteiger partial charge on any atom is -0.312 e. The molecule has 1 amide bonds. The van der Waals surface area contributed by atoms with E-state index in [4.69, 9.17) is 5.26 Å². The molecular weight excluding hydrogens is 367 g/mol. The zero-order valence-electron chi connectivity index (χ0n) is 11.2. The van der Waals surface area contributed by atoms with Crippen molar-refractivity contribution in [3.63, 3.8) is 0 Å². The van der Waals surface area contributed by atoms with Crippen molar-refractivity contribution in [2.45, 2.75) is 19.8 Å². The van der Waals surface area contributed by atoms with Gasteiger partial charge in [0.1, 0.15) is 5.92 Å². The van der Waals surface area contributed by atoms with Gasteiger partial charge in [0.15, 0.2) is 5.78 Å². The fraction of sp³-hybridized carbons (Fsp3) is 0.400. The van der Waals surface area contributed by atoms with Crippen molar-refractivity contribution in [1.29, 1.82) is 5.26 Å². The van der Waals surface area contributed by atoms with E-state index >= 15 is 0 Å². The molecular formula is C15H15IN2O2. The summed E-state index contributed by atoms with van der Waals surface area (Å²) in [4.78, 5) is 26.2. The Bertz CT molecular complexity index is 562. The van der Waals surface area contributed by atoms with Gasteiger partial charge in [-0.2, -0.15) is 5.26 Å². The van der Waals surface area contributed by atoms with Crippen molar-refractivity contribution in [1.82, 2.24) is 0 Å². The monoisotopic (exact) mass is 382 g/mol. The normalized spacial score (nSPS) is 20.4. The number of nitriles is 1. The first-order valence-corrected chi connectivity index (χ1v) is 7.62. The summed E-state index contributed by atoms with van der Waals surface area (Å²) in [6.45, 7) is 2.18. The Balaban J connectivity index is 2.21. The summed E-state index contributed by atoms with van der Waals surface area (Å²) in [5, 5.41) is 8.84. The Labute approximate surface area is 131 Å². The topological polar surface area (TPSA) is 61.2 Å². The highest BCUT2D eigenvalue weighted by molar-refractivity contribution is 14.1. The molecule has 0 unspecified atom stereocenters. The van der Waals surface area contributed by atoms with Gasteiger partial charge >= 0.3 is 0 Å². The molecule has 1 saturated heterocycles. The summed E-state index contributed by atoms with van der Waals surface area (Å²) < 4.78 is 1.10. The largest absolute Gasteiger partial charge is 0.312 e. The fourth-order valence-electron chi connectivity index (χ4n) is 2.38. The number of carbonyl (C=O) groups excluding carboxylic acids is 2. The molecule has 5 heteroatoms. The van der Waals surface area contributed by atoms with E-state index in [1.165, 1.54) is 0 Å². The van der Waals surface area contributed by atoms with Crippen LogP contribution in [0, 0.1) is 26.7 Å². The number of halogens is 1. The van der Waals surface area contributed by atoms with E-state index < -0.39 is 11.8 Å². The molecule has 1 fully saturated rings. The first-order chi connectivity index (χ1) is 9.54. The minimum absolute atomic E-state index is 0.176. The maximum atomic E-state index is 12.5. The van der Waals surface area contributed by atoms with Crippen LogP contribution in [0.3, 0.4) is 0 Å². The molecule has 2 rings (SSSR count). The van der Waals surface area contributed by atoms with Gasteiger partial charge in [0.05, 0.1) is 12.0 Å². The van der Waals surface area contributed by atoms with Gasteiger partial charge in [0.2, 0.25) is 5.91 Å². The Morgan fingerprint density at radius 1 is 1.45 bits per heavy atom. The van der Waals surface area contributed by atoms with E-state index in [2.05, 4.69) is 22.6 Å². The number of nitrogens with zero attached hydrogens (tertiary/aromatic N) is 2. The van der Waals surface area contributed by atoms with Gasteiger partial charge in [0, 0.05) is 15.8 Å². The molecule has 1 aromatic carbocycles. The third kappa shape index (κ3) is 3.01. The van der Waals surface area contributed by atoms with Gasteiger partial charge in [0.25, 0.3) is 0 Å². The van der Waals surface area contributed by atoms with Crippen LogP contribution >= 0.6 is 22.6 Å². The molecule has 0 aliphatic carbocycles. The van der Waals surface area contributed by atoms with E-state index in [0.29, 0.717) is 13.0 Å². The van der Waals surface area contributed by atoms with E-state index in [1.54, 1.807) is 11.8 Å². The second-order valence-electron chi connectivity index (χ2n) is 4.91. The molecule has 20 heavy (non-hydrogen) atoms. The summed E-state index contributed by atoms with van der Waals surface area (Å²) in [5.41, 5.74) is 0.817. The van der Waals surface area contributed by atoms with Crippen molar-refractivity contribution in [3.05, 3.63) is 27.8 Å². The number of hydrogen-bond donors (Lipinski definition) is 0. The zero-order chi connectivity index (χ0) is 14.7. The molecule has 0 radical (unpaired) electrons. The molecule has 0 N–H and O–H groups in total. The summed E-state index contributed by atoms with van der Waals surface area (Å²) in [6.07, 6.45) is 1.33. The smallest absolute Gasteiger partial charge is 0.237 e. The first kappa shape index (κ1) is 15.0. The van der Waals surface area contributed by atoms with Gasteiger partial charge in [-0.15, -0.1) is 0 Å². The number of benzene rings is 1. The first-order valence-electron chi connectivity index (χ1n) is 6.55. The predicted octanol–water partition coefficient (Wildman–Crippen LogP) is 2.76. The van der Waals surface area contributed by atoms with Crippen LogP contribution in [0.5, 0.6) is 0 Å². The van der Waals surface area contributed by atoms with Crippen molar-refractivity contribution >= 4 is 40.0 Å². The molecule has 1 aliphatic rings. The van der Waals surface area contributed by atoms with Crippen molar-refractivity contribution in [2.75, 3.05) is 11.4 Å².